The SMILES string of the molecule is COC(=O)[C@]12CCCN1[C@H](COCc1ccccc1)C2. The molecule has 4 heteroatoms. The molecule has 1 aromatic rings. The number of carbonyl (C=O) groups is 1. The highest BCUT2D eigenvalue weighted by molar-refractivity contribution is 5.82. The lowest BCUT2D eigenvalue weighted by Crippen LogP contribution is -2.68. The first kappa shape index (κ1) is 13.6. The number of hydrogen-bond donors (Lipinski definition) is 0. The summed E-state index contributed by atoms with van der Waals surface area (Å²) in [7, 11) is 1.48. The fraction of sp³-hybridized carbons (Fsp3) is 0.562. The maximum absolute atomic E-state index is 11.9. The number of nitrogens with zero attached hydrogens (tertiary/aromatic N) is 1. The van der Waals surface area contributed by atoms with E-state index in [0.717, 1.165) is 25.8 Å². The maximum Gasteiger partial charge on any atom is 0.326 e. The standard InChI is InChI=1S/C16H21NO3/c1-19-15(18)16-8-5-9-17(16)14(10-16)12-20-11-13-6-3-2-4-7-13/h2-4,6-7,14H,5,8-12H2,1H3/t14-,16+/m0/s1. The van der Waals surface area contributed by atoms with Gasteiger partial charge in [-0.3, -0.25) is 9.69 Å². The van der Waals surface area contributed by atoms with E-state index in [9.17, 15) is 4.79 Å². The minimum absolute atomic E-state index is 0.0747. The Hall–Kier alpha value is -1.39. The van der Waals surface area contributed by atoms with Gasteiger partial charge < -0.3 is 9.47 Å². The van der Waals surface area contributed by atoms with Gasteiger partial charge in [0.15, 0.2) is 0 Å². The monoisotopic (exact) mass is 275 g/mol. The van der Waals surface area contributed by atoms with E-state index in [-0.39, 0.29) is 11.5 Å². The number of carbonyl (C=O) groups excluding carboxylic acids is 1. The van der Waals surface area contributed by atoms with E-state index in [0.29, 0.717) is 19.3 Å². The molecule has 0 radical (unpaired) electrons. The highest BCUT2D eigenvalue weighted by atomic mass is 16.5. The van der Waals surface area contributed by atoms with Gasteiger partial charge in [0, 0.05) is 6.04 Å². The van der Waals surface area contributed by atoms with Crippen LogP contribution in [0.4, 0.5) is 0 Å². The number of fused-ring (bicyclic) bond motifs is 1. The molecular formula is C16H21NO3. The van der Waals surface area contributed by atoms with Crippen molar-refractivity contribution in [2.75, 3.05) is 20.3 Å². The molecule has 0 unspecified atom stereocenters. The molecule has 3 rings (SSSR count). The predicted molar refractivity (Wildman–Crippen MR) is 75.2 cm³/mol. The van der Waals surface area contributed by atoms with Crippen LogP contribution < -0.4 is 0 Å². The van der Waals surface area contributed by atoms with E-state index < -0.39 is 0 Å². The topological polar surface area (TPSA) is 38.8 Å². The lowest BCUT2D eigenvalue weighted by atomic mass is 9.79. The Bertz CT molecular complexity index is 476. The largest absolute Gasteiger partial charge is 0.468 e. The Kier molecular flexibility index (Phi) is 3.76. The zero-order valence-electron chi connectivity index (χ0n) is 11.9. The van der Waals surface area contributed by atoms with Crippen LogP contribution in [0.3, 0.4) is 0 Å². The van der Waals surface area contributed by atoms with Crippen LogP contribution in [0, 0.1) is 0 Å². The summed E-state index contributed by atoms with van der Waals surface area (Å²) in [4.78, 5) is 14.2. The van der Waals surface area contributed by atoms with Gasteiger partial charge in [-0.05, 0) is 31.4 Å². The average Bonchev–Trinajstić information content (AvgIpc) is 2.81. The van der Waals surface area contributed by atoms with Crippen molar-refractivity contribution in [1.82, 2.24) is 4.90 Å². The third kappa shape index (κ3) is 2.23. The van der Waals surface area contributed by atoms with Gasteiger partial charge in [-0.2, -0.15) is 0 Å². The van der Waals surface area contributed by atoms with Gasteiger partial charge in [0.2, 0.25) is 0 Å². The molecule has 2 aliphatic rings. The molecular weight excluding hydrogens is 254 g/mol. The molecule has 0 amide bonds. The van der Waals surface area contributed by atoms with Crippen molar-refractivity contribution in [3.8, 4) is 0 Å². The van der Waals surface area contributed by atoms with Crippen LogP contribution in [-0.4, -0.2) is 42.7 Å². The van der Waals surface area contributed by atoms with Crippen LogP contribution >= 0.6 is 0 Å². The Morgan fingerprint density at radius 3 is 2.95 bits per heavy atom. The number of methoxy groups -OCH3 is 1. The summed E-state index contributed by atoms with van der Waals surface area (Å²) in [6.07, 6.45) is 2.87. The molecule has 2 fully saturated rings. The zero-order chi connectivity index (χ0) is 14.0. The van der Waals surface area contributed by atoms with E-state index in [1.165, 1.54) is 12.7 Å². The van der Waals surface area contributed by atoms with Crippen LogP contribution in [0.2, 0.25) is 0 Å². The van der Waals surface area contributed by atoms with Gasteiger partial charge in [-0.25, -0.2) is 0 Å². The van der Waals surface area contributed by atoms with E-state index in [2.05, 4.69) is 17.0 Å². The van der Waals surface area contributed by atoms with Gasteiger partial charge >= 0.3 is 5.97 Å². The Morgan fingerprint density at radius 1 is 1.40 bits per heavy atom. The van der Waals surface area contributed by atoms with Crippen LogP contribution in [-0.2, 0) is 20.9 Å². The van der Waals surface area contributed by atoms with Crippen molar-refractivity contribution >= 4 is 5.97 Å². The minimum Gasteiger partial charge on any atom is -0.468 e. The van der Waals surface area contributed by atoms with Crippen molar-refractivity contribution in [1.29, 1.82) is 0 Å². The molecule has 0 saturated carbocycles. The molecule has 2 heterocycles. The first-order valence-corrected chi connectivity index (χ1v) is 7.23. The lowest BCUT2D eigenvalue weighted by Gasteiger charge is -2.52. The molecule has 0 aliphatic carbocycles. The summed E-state index contributed by atoms with van der Waals surface area (Å²) < 4.78 is 10.8. The zero-order valence-corrected chi connectivity index (χ0v) is 11.9. The van der Waals surface area contributed by atoms with Crippen molar-refractivity contribution in [2.24, 2.45) is 0 Å². The maximum atomic E-state index is 11.9. The number of benzene rings is 1. The quantitative estimate of drug-likeness (QED) is 0.770. The smallest absolute Gasteiger partial charge is 0.326 e. The minimum atomic E-state index is -0.338. The van der Waals surface area contributed by atoms with E-state index >= 15 is 0 Å². The third-order valence-corrected chi connectivity index (χ3v) is 4.54. The van der Waals surface area contributed by atoms with Crippen LogP contribution in [0.25, 0.3) is 0 Å². The van der Waals surface area contributed by atoms with Gasteiger partial charge in [-0.1, -0.05) is 30.3 Å². The van der Waals surface area contributed by atoms with Gasteiger partial charge in [0.25, 0.3) is 0 Å². The number of esters is 1. The fourth-order valence-electron chi connectivity index (χ4n) is 3.57. The second-order valence-electron chi connectivity index (χ2n) is 5.68. The highest BCUT2D eigenvalue weighted by Gasteiger charge is 2.59. The molecule has 2 saturated heterocycles. The van der Waals surface area contributed by atoms with Crippen molar-refractivity contribution in [3.05, 3.63) is 35.9 Å². The van der Waals surface area contributed by atoms with Crippen molar-refractivity contribution in [2.45, 2.75) is 37.5 Å². The van der Waals surface area contributed by atoms with E-state index in [1.807, 2.05) is 18.2 Å². The van der Waals surface area contributed by atoms with Gasteiger partial charge in [-0.15, -0.1) is 0 Å². The third-order valence-electron chi connectivity index (χ3n) is 4.54. The van der Waals surface area contributed by atoms with Crippen LogP contribution in [0.1, 0.15) is 24.8 Å². The molecule has 1 aromatic carbocycles. The normalized spacial score (nSPS) is 28.8. The molecule has 108 valence electrons. The summed E-state index contributed by atoms with van der Waals surface area (Å²) in [5.74, 6) is -0.0747. The summed E-state index contributed by atoms with van der Waals surface area (Å²) >= 11 is 0. The molecule has 0 aromatic heterocycles. The average molecular weight is 275 g/mol. The predicted octanol–water partition coefficient (Wildman–Crippen LogP) is 1.98. The summed E-state index contributed by atoms with van der Waals surface area (Å²) in [6.45, 7) is 2.30. The first-order chi connectivity index (χ1) is 9.76. The summed E-state index contributed by atoms with van der Waals surface area (Å²) in [5, 5.41) is 0. The van der Waals surface area contributed by atoms with E-state index in [1.54, 1.807) is 0 Å². The fourth-order valence-corrected chi connectivity index (χ4v) is 3.57. The summed E-state index contributed by atoms with van der Waals surface area (Å²) in [5.41, 5.74) is 0.850. The Balaban J connectivity index is 1.50. The molecule has 2 atom stereocenters. The van der Waals surface area contributed by atoms with Gasteiger partial charge in [0.1, 0.15) is 5.54 Å². The Morgan fingerprint density at radius 2 is 2.20 bits per heavy atom. The second kappa shape index (κ2) is 5.54. The van der Waals surface area contributed by atoms with Crippen LogP contribution in [0.15, 0.2) is 30.3 Å². The van der Waals surface area contributed by atoms with Gasteiger partial charge in [0.05, 0.1) is 20.3 Å². The second-order valence-corrected chi connectivity index (χ2v) is 5.68. The molecule has 0 spiro atoms. The molecule has 4 nitrogen and oxygen atoms in total. The van der Waals surface area contributed by atoms with E-state index in [4.69, 9.17) is 9.47 Å². The highest BCUT2D eigenvalue weighted by Crippen LogP contribution is 2.46. The number of hydrogen-bond acceptors (Lipinski definition) is 4. The van der Waals surface area contributed by atoms with Crippen molar-refractivity contribution in [3.63, 3.8) is 0 Å². The lowest BCUT2D eigenvalue weighted by molar-refractivity contribution is -0.171. The molecule has 0 N–H and O–H groups in total. The first-order valence-electron chi connectivity index (χ1n) is 7.23. The molecule has 2 aliphatic heterocycles. The molecule has 20 heavy (non-hydrogen) atoms. The van der Waals surface area contributed by atoms with Crippen LogP contribution in [0.5, 0.6) is 0 Å². The molecule has 0 bridgehead atoms. The Labute approximate surface area is 119 Å². The number of rotatable bonds is 5. The van der Waals surface area contributed by atoms with Crippen molar-refractivity contribution < 1.29 is 14.3 Å². The number of ether oxygens (including phenoxy) is 2. The summed E-state index contributed by atoms with van der Waals surface area (Å²) in [6, 6.07) is 10.5.